The number of hydrogen-bond donors (Lipinski definition) is 2. The zero-order valence-corrected chi connectivity index (χ0v) is 27.1. The first-order chi connectivity index (χ1) is 21.4. The lowest BCUT2D eigenvalue weighted by Crippen LogP contribution is -2.48. The summed E-state index contributed by atoms with van der Waals surface area (Å²) in [4.78, 5) is 47.8. The van der Waals surface area contributed by atoms with Gasteiger partial charge in [0.1, 0.15) is 6.04 Å². The van der Waals surface area contributed by atoms with E-state index in [-0.39, 0.29) is 34.6 Å². The molecule has 45 heavy (non-hydrogen) atoms. The van der Waals surface area contributed by atoms with Crippen molar-refractivity contribution >= 4 is 29.0 Å². The molecule has 0 bridgehead atoms. The minimum atomic E-state index is -0.338. The Hall–Kier alpha value is -4.76. The Bertz CT molecular complexity index is 1770. The highest BCUT2D eigenvalue weighted by Crippen LogP contribution is 2.30. The molecule has 1 saturated heterocycles. The van der Waals surface area contributed by atoms with E-state index in [0.717, 1.165) is 28.8 Å². The van der Waals surface area contributed by atoms with Gasteiger partial charge in [-0.1, -0.05) is 57.2 Å². The molecule has 1 fully saturated rings. The Morgan fingerprint density at radius 1 is 0.956 bits per heavy atom. The smallest absolute Gasteiger partial charge is 0.293 e. The standard InChI is InChI=1S/C36H42N6O3/c1-8-42-22-30(28-10-9-11-29(23(28)2)39-33(43)25-12-16-26(17-13-25)36(3,4)5)38-32(35(42)45)37-27-18-14-24(15-19-27)31-34(44)41(7)21-20-40(31)6/h9-19,22,31H,8,20-21H2,1-7H3,(H,37,38)(H,39,43). The maximum Gasteiger partial charge on any atom is 0.293 e. The maximum atomic E-state index is 13.3. The van der Waals surface area contributed by atoms with Gasteiger partial charge in [-0.3, -0.25) is 19.3 Å². The summed E-state index contributed by atoms with van der Waals surface area (Å²) in [7, 11) is 3.78. The molecule has 234 valence electrons. The van der Waals surface area contributed by atoms with Crippen molar-refractivity contribution in [2.45, 2.75) is 52.6 Å². The van der Waals surface area contributed by atoms with Crippen LogP contribution in [-0.2, 0) is 16.8 Å². The second-order valence-electron chi connectivity index (χ2n) is 12.7. The molecular formula is C36H42N6O3. The molecule has 5 rings (SSSR count). The van der Waals surface area contributed by atoms with Crippen LogP contribution >= 0.6 is 0 Å². The molecule has 0 aliphatic carbocycles. The number of aryl methyl sites for hydroxylation is 1. The zero-order valence-electron chi connectivity index (χ0n) is 27.1. The highest BCUT2D eigenvalue weighted by Gasteiger charge is 2.31. The maximum absolute atomic E-state index is 13.3. The lowest BCUT2D eigenvalue weighted by molar-refractivity contribution is -0.139. The van der Waals surface area contributed by atoms with Crippen molar-refractivity contribution in [3.8, 4) is 11.3 Å². The van der Waals surface area contributed by atoms with Crippen LogP contribution < -0.4 is 16.2 Å². The third-order valence-electron chi connectivity index (χ3n) is 8.51. The van der Waals surface area contributed by atoms with Crippen LogP contribution in [0.3, 0.4) is 0 Å². The summed E-state index contributed by atoms with van der Waals surface area (Å²) in [6, 6.07) is 20.6. The average Bonchev–Trinajstić information content (AvgIpc) is 3.01. The van der Waals surface area contributed by atoms with E-state index in [9.17, 15) is 14.4 Å². The fraction of sp³-hybridized carbons (Fsp3) is 0.333. The van der Waals surface area contributed by atoms with Crippen molar-refractivity contribution in [3.63, 3.8) is 0 Å². The van der Waals surface area contributed by atoms with Crippen molar-refractivity contribution in [3.05, 3.63) is 106 Å². The third-order valence-corrected chi connectivity index (χ3v) is 8.51. The van der Waals surface area contributed by atoms with Gasteiger partial charge in [0.2, 0.25) is 5.91 Å². The van der Waals surface area contributed by atoms with Crippen LogP contribution in [0.2, 0.25) is 0 Å². The third kappa shape index (κ3) is 6.68. The van der Waals surface area contributed by atoms with Crippen LogP contribution in [0.5, 0.6) is 0 Å². The van der Waals surface area contributed by atoms with Gasteiger partial charge >= 0.3 is 0 Å². The molecule has 0 radical (unpaired) electrons. The largest absolute Gasteiger partial charge is 0.343 e. The van der Waals surface area contributed by atoms with Crippen LogP contribution in [0.25, 0.3) is 11.3 Å². The Kier molecular flexibility index (Phi) is 8.93. The first-order valence-electron chi connectivity index (χ1n) is 15.3. The van der Waals surface area contributed by atoms with E-state index in [0.29, 0.717) is 35.7 Å². The minimum Gasteiger partial charge on any atom is -0.343 e. The Morgan fingerprint density at radius 3 is 2.29 bits per heavy atom. The van der Waals surface area contributed by atoms with Crippen molar-refractivity contribution < 1.29 is 9.59 Å². The normalized spacial score (nSPS) is 15.7. The molecule has 1 aliphatic heterocycles. The van der Waals surface area contributed by atoms with Gasteiger partial charge in [0.05, 0.1) is 5.69 Å². The summed E-state index contributed by atoms with van der Waals surface area (Å²) >= 11 is 0. The van der Waals surface area contributed by atoms with E-state index in [1.807, 2.05) is 94.7 Å². The number of amides is 2. The summed E-state index contributed by atoms with van der Waals surface area (Å²) in [5.41, 5.74) is 6.01. The van der Waals surface area contributed by atoms with Crippen molar-refractivity contribution in [1.29, 1.82) is 0 Å². The molecule has 2 N–H and O–H groups in total. The molecule has 4 aromatic rings. The fourth-order valence-corrected chi connectivity index (χ4v) is 5.58. The number of anilines is 3. The first-order valence-corrected chi connectivity index (χ1v) is 15.3. The Balaban J connectivity index is 1.40. The molecule has 9 heteroatoms. The number of benzene rings is 3. The van der Waals surface area contributed by atoms with Gasteiger partial charge in [-0.15, -0.1) is 0 Å². The lowest BCUT2D eigenvalue weighted by atomic mass is 9.86. The number of rotatable bonds is 7. The van der Waals surface area contributed by atoms with Crippen molar-refractivity contribution in [2.24, 2.45) is 0 Å². The van der Waals surface area contributed by atoms with Crippen LogP contribution in [-0.4, -0.2) is 58.4 Å². The predicted octanol–water partition coefficient (Wildman–Crippen LogP) is 5.98. The molecule has 3 aromatic carbocycles. The van der Waals surface area contributed by atoms with E-state index < -0.39 is 0 Å². The number of hydrogen-bond acceptors (Lipinski definition) is 6. The zero-order chi connectivity index (χ0) is 32.5. The minimum absolute atomic E-state index is 0.00276. The quantitative estimate of drug-likeness (QED) is 0.269. The van der Waals surface area contributed by atoms with Crippen LogP contribution in [0.15, 0.2) is 77.7 Å². The Labute approximate surface area is 264 Å². The molecule has 1 unspecified atom stereocenters. The van der Waals surface area contributed by atoms with Gasteiger partial charge in [0.15, 0.2) is 5.82 Å². The van der Waals surface area contributed by atoms with E-state index in [2.05, 4.69) is 36.3 Å². The Morgan fingerprint density at radius 2 is 1.64 bits per heavy atom. The molecule has 1 aromatic heterocycles. The molecular weight excluding hydrogens is 564 g/mol. The van der Waals surface area contributed by atoms with Gasteiger partial charge in [-0.2, -0.15) is 0 Å². The van der Waals surface area contributed by atoms with E-state index in [4.69, 9.17) is 4.98 Å². The number of carbonyl (C=O) groups is 2. The van der Waals surface area contributed by atoms with Gasteiger partial charge < -0.3 is 20.1 Å². The first kappa shape index (κ1) is 31.7. The van der Waals surface area contributed by atoms with Gasteiger partial charge in [0, 0.05) is 55.4 Å². The average molecular weight is 607 g/mol. The summed E-state index contributed by atoms with van der Waals surface area (Å²) in [5.74, 6) is 0.0677. The van der Waals surface area contributed by atoms with Crippen LogP contribution in [0, 0.1) is 6.92 Å². The highest BCUT2D eigenvalue weighted by atomic mass is 16.2. The second kappa shape index (κ2) is 12.7. The van der Waals surface area contributed by atoms with Gasteiger partial charge in [-0.05, 0) is 73.3 Å². The van der Waals surface area contributed by atoms with E-state index in [1.165, 1.54) is 0 Å². The number of nitrogens with one attached hydrogen (secondary N) is 2. The number of aromatic nitrogens is 2. The summed E-state index contributed by atoms with van der Waals surface area (Å²) in [5, 5.41) is 6.25. The number of likely N-dealkylation sites (N-methyl/N-ethyl adjacent to an activating group) is 2. The molecule has 0 saturated carbocycles. The topological polar surface area (TPSA) is 99.6 Å². The van der Waals surface area contributed by atoms with Crippen molar-refractivity contribution in [2.75, 3.05) is 37.8 Å². The SMILES string of the molecule is CCn1cc(-c2cccc(NC(=O)c3ccc(C(C)(C)C)cc3)c2C)nc(Nc2ccc(C3C(=O)N(C)CCN3C)cc2)c1=O. The van der Waals surface area contributed by atoms with Crippen molar-refractivity contribution in [1.82, 2.24) is 19.4 Å². The van der Waals surface area contributed by atoms with Crippen LogP contribution in [0.1, 0.15) is 60.8 Å². The predicted molar refractivity (Wildman–Crippen MR) is 180 cm³/mol. The van der Waals surface area contributed by atoms with Crippen LogP contribution in [0.4, 0.5) is 17.2 Å². The highest BCUT2D eigenvalue weighted by molar-refractivity contribution is 6.05. The number of carbonyl (C=O) groups excluding carboxylic acids is 2. The summed E-state index contributed by atoms with van der Waals surface area (Å²) < 4.78 is 1.62. The molecule has 1 atom stereocenters. The molecule has 2 amide bonds. The van der Waals surface area contributed by atoms with E-state index >= 15 is 0 Å². The number of nitrogens with zero attached hydrogens (tertiary/aromatic N) is 4. The molecule has 0 spiro atoms. The second-order valence-corrected chi connectivity index (χ2v) is 12.7. The lowest BCUT2D eigenvalue weighted by Gasteiger charge is -2.37. The molecule has 9 nitrogen and oxygen atoms in total. The monoisotopic (exact) mass is 606 g/mol. The molecule has 2 heterocycles. The summed E-state index contributed by atoms with van der Waals surface area (Å²) in [6.45, 7) is 12.2. The van der Waals surface area contributed by atoms with Gasteiger partial charge in [-0.25, -0.2) is 4.98 Å². The number of piperazine rings is 1. The van der Waals surface area contributed by atoms with Gasteiger partial charge in [0.25, 0.3) is 11.5 Å². The summed E-state index contributed by atoms with van der Waals surface area (Å²) in [6.07, 6.45) is 1.75. The molecule has 1 aliphatic rings. The van der Waals surface area contributed by atoms with E-state index in [1.54, 1.807) is 15.7 Å². The fourth-order valence-electron chi connectivity index (χ4n) is 5.58.